The standard InChI is InChI=1S/C27H28Cl2FN3O4S/c1-32(38(2,36)37)18-26(34)33(17-20-8-12-23(30)13-9-20)25(14-19-6-4-3-5-7-19)27(35)31-16-21-10-11-22(28)15-24(21)29/h3-13,15,25H,14,16-18H2,1-2H3,(H,31,35)/t25-/m0/s1. The predicted molar refractivity (Wildman–Crippen MR) is 147 cm³/mol. The molecular formula is C27H28Cl2FN3O4S. The monoisotopic (exact) mass is 579 g/mol. The third kappa shape index (κ3) is 8.52. The molecule has 3 aromatic rings. The fraction of sp³-hybridized carbons (Fsp3) is 0.259. The van der Waals surface area contributed by atoms with Crippen molar-refractivity contribution in [3.05, 3.63) is 105 Å². The minimum atomic E-state index is -3.66. The fourth-order valence-electron chi connectivity index (χ4n) is 3.70. The summed E-state index contributed by atoms with van der Waals surface area (Å²) in [5.41, 5.74) is 2.01. The number of carbonyl (C=O) groups is 2. The number of halogens is 3. The van der Waals surface area contributed by atoms with Gasteiger partial charge < -0.3 is 10.2 Å². The normalized spacial score (nSPS) is 12.3. The second kappa shape index (κ2) is 13.2. The Morgan fingerprint density at radius 2 is 1.63 bits per heavy atom. The molecule has 38 heavy (non-hydrogen) atoms. The minimum absolute atomic E-state index is 0.0384. The summed E-state index contributed by atoms with van der Waals surface area (Å²) in [7, 11) is -2.37. The van der Waals surface area contributed by atoms with E-state index in [0.717, 1.165) is 16.1 Å². The van der Waals surface area contributed by atoms with Crippen molar-refractivity contribution in [2.45, 2.75) is 25.6 Å². The zero-order valence-corrected chi connectivity index (χ0v) is 23.2. The van der Waals surface area contributed by atoms with Crippen LogP contribution in [-0.4, -0.2) is 55.3 Å². The third-order valence-electron chi connectivity index (χ3n) is 5.93. The van der Waals surface area contributed by atoms with Crippen molar-refractivity contribution in [1.82, 2.24) is 14.5 Å². The van der Waals surface area contributed by atoms with Gasteiger partial charge in [0.15, 0.2) is 0 Å². The van der Waals surface area contributed by atoms with Gasteiger partial charge in [0.05, 0.1) is 12.8 Å². The summed E-state index contributed by atoms with van der Waals surface area (Å²) in [5.74, 6) is -1.48. The average molecular weight is 581 g/mol. The highest BCUT2D eigenvalue weighted by Gasteiger charge is 2.32. The van der Waals surface area contributed by atoms with Gasteiger partial charge in [-0.1, -0.05) is 71.7 Å². The van der Waals surface area contributed by atoms with Gasteiger partial charge in [-0.2, -0.15) is 4.31 Å². The number of hydrogen-bond acceptors (Lipinski definition) is 4. The molecule has 1 N–H and O–H groups in total. The van der Waals surface area contributed by atoms with Crippen LogP contribution in [0.15, 0.2) is 72.8 Å². The number of nitrogens with one attached hydrogen (secondary N) is 1. The maximum absolute atomic E-state index is 13.6. The Morgan fingerprint density at radius 1 is 0.974 bits per heavy atom. The summed E-state index contributed by atoms with van der Waals surface area (Å²) < 4.78 is 38.5. The summed E-state index contributed by atoms with van der Waals surface area (Å²) in [4.78, 5) is 28.4. The van der Waals surface area contributed by atoms with Crippen LogP contribution in [0, 0.1) is 5.82 Å². The Kier molecular flexibility index (Phi) is 10.3. The molecule has 1 atom stereocenters. The number of rotatable bonds is 11. The van der Waals surface area contributed by atoms with Crippen LogP contribution in [0.2, 0.25) is 10.0 Å². The van der Waals surface area contributed by atoms with E-state index in [1.807, 2.05) is 30.3 Å². The number of sulfonamides is 1. The highest BCUT2D eigenvalue weighted by Crippen LogP contribution is 2.21. The first-order chi connectivity index (χ1) is 17.9. The van der Waals surface area contributed by atoms with Crippen LogP contribution in [0.1, 0.15) is 16.7 Å². The van der Waals surface area contributed by atoms with Gasteiger partial charge in [-0.05, 0) is 41.0 Å². The molecule has 0 radical (unpaired) electrons. The molecule has 2 amide bonds. The number of likely N-dealkylation sites (N-methyl/N-ethyl adjacent to an activating group) is 1. The molecule has 0 aliphatic carbocycles. The van der Waals surface area contributed by atoms with Crippen molar-refractivity contribution < 1.29 is 22.4 Å². The zero-order valence-electron chi connectivity index (χ0n) is 20.9. The molecule has 3 rings (SSSR count). The Hall–Kier alpha value is -2.98. The first-order valence-corrected chi connectivity index (χ1v) is 14.2. The highest BCUT2D eigenvalue weighted by molar-refractivity contribution is 7.88. The lowest BCUT2D eigenvalue weighted by atomic mass is 10.0. The van der Waals surface area contributed by atoms with E-state index >= 15 is 0 Å². The third-order valence-corrected chi connectivity index (χ3v) is 7.78. The largest absolute Gasteiger partial charge is 0.350 e. The molecule has 0 saturated heterocycles. The van der Waals surface area contributed by atoms with Gasteiger partial charge >= 0.3 is 0 Å². The van der Waals surface area contributed by atoms with Crippen LogP contribution in [0.3, 0.4) is 0 Å². The number of carbonyl (C=O) groups excluding carboxylic acids is 2. The number of hydrogen-bond donors (Lipinski definition) is 1. The van der Waals surface area contributed by atoms with Crippen LogP contribution in [0.4, 0.5) is 4.39 Å². The molecule has 0 fully saturated rings. The number of benzene rings is 3. The summed E-state index contributed by atoms with van der Waals surface area (Å²) in [6.45, 7) is -0.424. The van der Waals surface area contributed by atoms with E-state index in [4.69, 9.17) is 23.2 Å². The molecule has 0 spiro atoms. The molecule has 0 saturated carbocycles. The maximum atomic E-state index is 13.6. The predicted octanol–water partition coefficient (Wildman–Crippen LogP) is 4.28. The molecule has 0 bridgehead atoms. The maximum Gasteiger partial charge on any atom is 0.243 e. The smallest absolute Gasteiger partial charge is 0.243 e. The van der Waals surface area contributed by atoms with Crippen molar-refractivity contribution in [3.8, 4) is 0 Å². The van der Waals surface area contributed by atoms with E-state index in [1.165, 1.54) is 36.2 Å². The summed E-state index contributed by atoms with van der Waals surface area (Å²) >= 11 is 12.2. The van der Waals surface area contributed by atoms with E-state index in [-0.39, 0.29) is 19.5 Å². The molecule has 0 heterocycles. The molecule has 0 unspecified atom stereocenters. The van der Waals surface area contributed by atoms with Crippen molar-refractivity contribution in [2.75, 3.05) is 19.8 Å². The van der Waals surface area contributed by atoms with Gasteiger partial charge in [0.1, 0.15) is 11.9 Å². The molecule has 0 aliphatic rings. The van der Waals surface area contributed by atoms with Crippen molar-refractivity contribution in [3.63, 3.8) is 0 Å². The Balaban J connectivity index is 1.95. The molecule has 0 aromatic heterocycles. The Labute approximate surface area is 232 Å². The number of amides is 2. The highest BCUT2D eigenvalue weighted by atomic mass is 35.5. The Morgan fingerprint density at radius 3 is 2.24 bits per heavy atom. The van der Waals surface area contributed by atoms with Crippen LogP contribution < -0.4 is 5.32 Å². The van der Waals surface area contributed by atoms with E-state index in [2.05, 4.69) is 5.32 Å². The summed E-state index contributed by atoms with van der Waals surface area (Å²) in [6.07, 6.45) is 1.16. The summed E-state index contributed by atoms with van der Waals surface area (Å²) in [6, 6.07) is 18.6. The first kappa shape index (κ1) is 29.6. The zero-order chi connectivity index (χ0) is 27.9. The summed E-state index contributed by atoms with van der Waals surface area (Å²) in [5, 5.41) is 3.68. The van der Waals surface area contributed by atoms with Gasteiger partial charge in [-0.3, -0.25) is 9.59 Å². The van der Waals surface area contributed by atoms with Gasteiger partial charge in [-0.25, -0.2) is 12.8 Å². The quantitative estimate of drug-likeness (QED) is 0.367. The lowest BCUT2D eigenvalue weighted by molar-refractivity contribution is -0.141. The second-order valence-corrected chi connectivity index (χ2v) is 11.8. The van der Waals surface area contributed by atoms with Gasteiger partial charge in [0, 0.05) is 36.6 Å². The Bertz CT molecular complexity index is 1370. The second-order valence-electron chi connectivity index (χ2n) is 8.83. The van der Waals surface area contributed by atoms with Crippen molar-refractivity contribution >= 4 is 45.0 Å². The van der Waals surface area contributed by atoms with E-state index in [1.54, 1.807) is 18.2 Å². The molecule has 7 nitrogen and oxygen atoms in total. The van der Waals surface area contributed by atoms with E-state index in [0.29, 0.717) is 21.2 Å². The van der Waals surface area contributed by atoms with Crippen LogP contribution >= 0.6 is 23.2 Å². The average Bonchev–Trinajstić information content (AvgIpc) is 2.86. The molecule has 0 aliphatic heterocycles. The molecular weight excluding hydrogens is 552 g/mol. The van der Waals surface area contributed by atoms with Crippen molar-refractivity contribution in [2.24, 2.45) is 0 Å². The first-order valence-electron chi connectivity index (χ1n) is 11.6. The van der Waals surface area contributed by atoms with Crippen LogP contribution in [-0.2, 0) is 39.1 Å². The lowest BCUT2D eigenvalue weighted by Gasteiger charge is -2.32. The molecule has 3 aromatic carbocycles. The topological polar surface area (TPSA) is 86.8 Å². The molecule has 202 valence electrons. The van der Waals surface area contributed by atoms with Crippen molar-refractivity contribution in [1.29, 1.82) is 0 Å². The van der Waals surface area contributed by atoms with E-state index < -0.39 is 40.2 Å². The SMILES string of the molecule is CN(CC(=O)N(Cc1ccc(F)cc1)[C@@H](Cc1ccccc1)C(=O)NCc1ccc(Cl)cc1Cl)S(C)(=O)=O. The fourth-order valence-corrected chi connectivity index (χ4v) is 4.52. The minimum Gasteiger partial charge on any atom is -0.350 e. The van der Waals surface area contributed by atoms with Crippen LogP contribution in [0.5, 0.6) is 0 Å². The van der Waals surface area contributed by atoms with Gasteiger partial charge in [-0.15, -0.1) is 0 Å². The number of nitrogens with zero attached hydrogens (tertiary/aromatic N) is 2. The van der Waals surface area contributed by atoms with Gasteiger partial charge in [0.25, 0.3) is 0 Å². The lowest BCUT2D eigenvalue weighted by Crippen LogP contribution is -2.52. The molecule has 11 heteroatoms. The van der Waals surface area contributed by atoms with E-state index in [9.17, 15) is 22.4 Å². The van der Waals surface area contributed by atoms with Gasteiger partial charge in [0.2, 0.25) is 21.8 Å². The van der Waals surface area contributed by atoms with Crippen LogP contribution in [0.25, 0.3) is 0 Å².